The monoisotopic (exact) mass is 348 g/mol. The summed E-state index contributed by atoms with van der Waals surface area (Å²) in [5, 5.41) is 3.45. The van der Waals surface area contributed by atoms with Crippen molar-refractivity contribution in [1.29, 1.82) is 0 Å². The molecule has 1 N–H and O–H groups in total. The number of carbonyl (C=O) groups excluding carboxylic acids is 1. The topological polar surface area (TPSA) is 41.5 Å². The first-order valence-corrected chi connectivity index (χ1v) is 8.93. The minimum Gasteiger partial charge on any atom is -0.300 e. The minimum absolute atomic E-state index is 0.103. The lowest BCUT2D eigenvalue weighted by Crippen LogP contribution is -2.19. The molecule has 1 fully saturated rings. The van der Waals surface area contributed by atoms with Gasteiger partial charge >= 0.3 is 0 Å². The maximum atomic E-state index is 12.2. The maximum Gasteiger partial charge on any atom is 0.264 e. The van der Waals surface area contributed by atoms with Crippen molar-refractivity contribution in [3.63, 3.8) is 0 Å². The number of carbonyl (C=O) groups is 1. The molecule has 1 amide bonds. The number of hydrogen-bond acceptors (Lipinski definition) is 3. The van der Waals surface area contributed by atoms with Crippen LogP contribution in [0.2, 0.25) is 0 Å². The van der Waals surface area contributed by atoms with Crippen molar-refractivity contribution in [1.82, 2.24) is 5.32 Å². The van der Waals surface area contributed by atoms with Gasteiger partial charge in [-0.1, -0.05) is 42.5 Å². The van der Waals surface area contributed by atoms with E-state index in [9.17, 15) is 4.79 Å². The van der Waals surface area contributed by atoms with Gasteiger partial charge in [-0.25, -0.2) is 4.99 Å². The number of thioether (sulfide) groups is 1. The molecule has 1 aliphatic heterocycles. The predicted molar refractivity (Wildman–Crippen MR) is 107 cm³/mol. The Labute approximate surface area is 152 Å². The molecule has 3 rings (SSSR count). The van der Waals surface area contributed by atoms with Gasteiger partial charge in [0.1, 0.15) is 0 Å². The SMILES string of the molecule is CC(=C\c1ccccc1)/C=C1/SC(=Nc2ccc(C)c(C)c2)NC1=O. The minimum atomic E-state index is -0.103. The van der Waals surface area contributed by atoms with E-state index in [0.717, 1.165) is 16.8 Å². The van der Waals surface area contributed by atoms with Crippen molar-refractivity contribution >= 4 is 34.6 Å². The second-order valence-electron chi connectivity index (χ2n) is 6.05. The van der Waals surface area contributed by atoms with Gasteiger partial charge in [0, 0.05) is 0 Å². The van der Waals surface area contributed by atoms with Crippen molar-refractivity contribution in [3.8, 4) is 0 Å². The third kappa shape index (κ3) is 4.48. The first kappa shape index (κ1) is 17.2. The largest absolute Gasteiger partial charge is 0.300 e. The number of amidine groups is 1. The average molecular weight is 348 g/mol. The zero-order valence-corrected chi connectivity index (χ0v) is 15.4. The first-order valence-electron chi connectivity index (χ1n) is 8.11. The molecule has 0 saturated carbocycles. The van der Waals surface area contributed by atoms with Crippen molar-refractivity contribution in [2.24, 2.45) is 4.99 Å². The van der Waals surface area contributed by atoms with Crippen molar-refractivity contribution in [2.75, 3.05) is 0 Å². The summed E-state index contributed by atoms with van der Waals surface area (Å²) in [6.45, 7) is 6.12. The van der Waals surface area contributed by atoms with E-state index in [2.05, 4.69) is 30.2 Å². The number of hydrogen-bond donors (Lipinski definition) is 1. The van der Waals surface area contributed by atoms with E-state index >= 15 is 0 Å². The summed E-state index contributed by atoms with van der Waals surface area (Å²) in [5.74, 6) is -0.103. The summed E-state index contributed by atoms with van der Waals surface area (Å²) in [5.41, 5.74) is 5.41. The molecule has 2 aromatic carbocycles. The van der Waals surface area contributed by atoms with Gasteiger partial charge in [0.25, 0.3) is 5.91 Å². The molecule has 0 aromatic heterocycles. The fraction of sp³-hybridized carbons (Fsp3) is 0.143. The van der Waals surface area contributed by atoms with Crippen molar-refractivity contribution < 1.29 is 4.79 Å². The highest BCUT2D eigenvalue weighted by molar-refractivity contribution is 8.18. The summed E-state index contributed by atoms with van der Waals surface area (Å²) in [6, 6.07) is 16.1. The number of nitrogens with one attached hydrogen (secondary N) is 1. The highest BCUT2D eigenvalue weighted by Gasteiger charge is 2.23. The van der Waals surface area contributed by atoms with Crippen LogP contribution in [0.1, 0.15) is 23.6 Å². The van der Waals surface area contributed by atoms with Crippen LogP contribution in [-0.4, -0.2) is 11.1 Å². The lowest BCUT2D eigenvalue weighted by atomic mass is 10.1. The molecule has 4 heteroatoms. The number of allylic oxidation sites excluding steroid dienone is 2. The lowest BCUT2D eigenvalue weighted by molar-refractivity contribution is -0.115. The molecule has 3 nitrogen and oxygen atoms in total. The highest BCUT2D eigenvalue weighted by Crippen LogP contribution is 2.28. The standard InChI is InChI=1S/C21H20N2OS/c1-14(11-17-7-5-4-6-8-17)12-19-20(24)23-21(25-19)22-18-10-9-15(2)16(3)13-18/h4-13H,1-3H3,(H,22,23,24)/b14-11+,19-12+. The fourth-order valence-electron chi connectivity index (χ4n) is 2.45. The molecular weight excluding hydrogens is 328 g/mol. The molecule has 1 saturated heterocycles. The quantitative estimate of drug-likeness (QED) is 0.780. The molecule has 1 aliphatic rings. The molecule has 0 atom stereocenters. The number of amides is 1. The van der Waals surface area contributed by atoms with Crippen LogP contribution >= 0.6 is 11.8 Å². The number of benzene rings is 2. The molecule has 0 bridgehead atoms. The molecule has 0 unspecified atom stereocenters. The highest BCUT2D eigenvalue weighted by atomic mass is 32.2. The molecule has 2 aromatic rings. The van der Waals surface area contributed by atoms with E-state index in [1.807, 2.05) is 61.5 Å². The molecule has 1 heterocycles. The Morgan fingerprint density at radius 3 is 2.56 bits per heavy atom. The maximum absolute atomic E-state index is 12.2. The summed E-state index contributed by atoms with van der Waals surface area (Å²) >= 11 is 1.37. The smallest absolute Gasteiger partial charge is 0.264 e. The van der Waals surface area contributed by atoms with Crippen LogP contribution in [0, 0.1) is 13.8 Å². The summed E-state index contributed by atoms with van der Waals surface area (Å²) in [7, 11) is 0. The zero-order chi connectivity index (χ0) is 17.8. The molecule has 0 aliphatic carbocycles. The van der Waals surface area contributed by atoms with Crippen LogP contribution in [0.4, 0.5) is 5.69 Å². The normalized spacial score (nSPS) is 18.0. The third-order valence-electron chi connectivity index (χ3n) is 3.92. The predicted octanol–water partition coefficient (Wildman–Crippen LogP) is 5.14. The van der Waals surface area contributed by atoms with Gasteiger partial charge < -0.3 is 5.32 Å². The van der Waals surface area contributed by atoms with Crippen LogP contribution in [0.5, 0.6) is 0 Å². The second-order valence-corrected chi connectivity index (χ2v) is 7.08. The van der Waals surface area contributed by atoms with Gasteiger partial charge in [-0.15, -0.1) is 0 Å². The Morgan fingerprint density at radius 2 is 1.84 bits per heavy atom. The van der Waals surface area contributed by atoms with E-state index in [0.29, 0.717) is 10.1 Å². The molecule has 25 heavy (non-hydrogen) atoms. The Bertz CT molecular complexity index is 895. The summed E-state index contributed by atoms with van der Waals surface area (Å²) in [6.07, 6.45) is 3.95. The van der Waals surface area contributed by atoms with Gasteiger partial charge in [-0.3, -0.25) is 4.79 Å². The zero-order valence-electron chi connectivity index (χ0n) is 14.5. The third-order valence-corrected chi connectivity index (χ3v) is 4.83. The van der Waals surface area contributed by atoms with Crippen molar-refractivity contribution in [3.05, 3.63) is 81.8 Å². The Balaban J connectivity index is 1.79. The lowest BCUT2D eigenvalue weighted by Gasteiger charge is -2.01. The summed E-state index contributed by atoms with van der Waals surface area (Å²) < 4.78 is 0. The van der Waals surface area contributed by atoms with Crippen molar-refractivity contribution in [2.45, 2.75) is 20.8 Å². The van der Waals surface area contributed by atoms with Gasteiger partial charge in [0.15, 0.2) is 5.17 Å². The van der Waals surface area contributed by atoms with Crippen LogP contribution in [0.3, 0.4) is 0 Å². The average Bonchev–Trinajstić information content (AvgIpc) is 2.91. The molecule has 0 spiro atoms. The van der Waals surface area contributed by atoms with Gasteiger partial charge in [0.2, 0.25) is 0 Å². The molecular formula is C21H20N2OS. The van der Waals surface area contributed by atoms with E-state index in [1.165, 1.54) is 22.9 Å². The van der Waals surface area contributed by atoms with Crippen LogP contribution < -0.4 is 5.32 Å². The molecule has 0 radical (unpaired) electrons. The van der Waals surface area contributed by atoms with E-state index in [-0.39, 0.29) is 5.91 Å². The van der Waals surface area contributed by atoms with Gasteiger partial charge in [0.05, 0.1) is 10.6 Å². The number of nitrogens with zero attached hydrogens (tertiary/aromatic N) is 1. The van der Waals surface area contributed by atoms with Gasteiger partial charge in [-0.05, 0) is 73.0 Å². The second kappa shape index (κ2) is 7.53. The van der Waals surface area contributed by atoms with Crippen LogP contribution in [0.15, 0.2) is 70.1 Å². The van der Waals surface area contributed by atoms with Gasteiger partial charge in [-0.2, -0.15) is 0 Å². The molecule has 126 valence electrons. The van der Waals surface area contributed by atoms with E-state index < -0.39 is 0 Å². The van der Waals surface area contributed by atoms with E-state index in [1.54, 1.807) is 0 Å². The fourth-order valence-corrected chi connectivity index (χ4v) is 3.35. The van der Waals surface area contributed by atoms with E-state index in [4.69, 9.17) is 0 Å². The number of aliphatic imine (C=N–C) groups is 1. The Hall–Kier alpha value is -2.59. The van der Waals surface area contributed by atoms with Crippen LogP contribution in [0.25, 0.3) is 6.08 Å². The number of aryl methyl sites for hydroxylation is 2. The summed E-state index contributed by atoms with van der Waals surface area (Å²) in [4.78, 5) is 17.4. The number of rotatable bonds is 3. The Morgan fingerprint density at radius 1 is 1.08 bits per heavy atom. The Kier molecular flexibility index (Phi) is 5.19. The van der Waals surface area contributed by atoms with Crippen LogP contribution in [-0.2, 0) is 4.79 Å². The first-order chi connectivity index (χ1) is 12.0.